The normalized spacial score (nSPS) is 18.0. The molecule has 1 heterocycles. The minimum atomic E-state index is -0.270. The fourth-order valence-electron chi connectivity index (χ4n) is 1.36. The Bertz CT molecular complexity index is 306. The summed E-state index contributed by atoms with van der Waals surface area (Å²) in [6, 6.07) is 5.88. The standard InChI is InChI=1S/C10H11ClO2/c1-7-2-3-8(9(11)6-7)10-12-4-5-13-10/h2-3,6,10H,4-5H2,1H3. The molecule has 0 saturated carbocycles. The molecule has 2 rings (SSSR count). The lowest BCUT2D eigenvalue weighted by molar-refractivity contribution is -0.0440. The maximum absolute atomic E-state index is 6.05. The summed E-state index contributed by atoms with van der Waals surface area (Å²) in [7, 11) is 0. The average molecular weight is 199 g/mol. The van der Waals surface area contributed by atoms with Gasteiger partial charge in [-0.3, -0.25) is 0 Å². The van der Waals surface area contributed by atoms with E-state index in [1.807, 2.05) is 25.1 Å². The van der Waals surface area contributed by atoms with Crippen LogP contribution in [-0.2, 0) is 9.47 Å². The molecule has 2 nitrogen and oxygen atoms in total. The first-order valence-electron chi connectivity index (χ1n) is 4.26. The highest BCUT2D eigenvalue weighted by molar-refractivity contribution is 6.31. The van der Waals surface area contributed by atoms with Crippen molar-refractivity contribution in [3.63, 3.8) is 0 Å². The van der Waals surface area contributed by atoms with Crippen molar-refractivity contribution in [1.82, 2.24) is 0 Å². The lowest BCUT2D eigenvalue weighted by Crippen LogP contribution is -1.98. The number of aryl methyl sites for hydroxylation is 1. The topological polar surface area (TPSA) is 18.5 Å². The molecule has 0 radical (unpaired) electrons. The Morgan fingerprint density at radius 3 is 2.62 bits per heavy atom. The monoisotopic (exact) mass is 198 g/mol. The molecule has 1 aromatic carbocycles. The lowest BCUT2D eigenvalue weighted by Gasteiger charge is -2.11. The second kappa shape index (κ2) is 3.66. The molecule has 0 atom stereocenters. The van der Waals surface area contributed by atoms with E-state index in [-0.39, 0.29) is 6.29 Å². The van der Waals surface area contributed by atoms with E-state index in [4.69, 9.17) is 21.1 Å². The highest BCUT2D eigenvalue weighted by atomic mass is 35.5. The number of hydrogen-bond acceptors (Lipinski definition) is 2. The van der Waals surface area contributed by atoms with Gasteiger partial charge in [-0.15, -0.1) is 0 Å². The van der Waals surface area contributed by atoms with Crippen LogP contribution in [0.25, 0.3) is 0 Å². The molecule has 0 aromatic heterocycles. The molecule has 0 unspecified atom stereocenters. The van der Waals surface area contributed by atoms with Crippen molar-refractivity contribution in [2.24, 2.45) is 0 Å². The van der Waals surface area contributed by atoms with Gasteiger partial charge in [-0.1, -0.05) is 23.7 Å². The molecular formula is C10H11ClO2. The molecule has 1 aliphatic rings. The maximum atomic E-state index is 6.05. The van der Waals surface area contributed by atoms with Crippen LogP contribution in [0.15, 0.2) is 18.2 Å². The SMILES string of the molecule is Cc1ccc(C2OCCO2)c(Cl)c1. The van der Waals surface area contributed by atoms with E-state index in [0.29, 0.717) is 18.2 Å². The maximum Gasteiger partial charge on any atom is 0.185 e. The largest absolute Gasteiger partial charge is 0.346 e. The van der Waals surface area contributed by atoms with Crippen LogP contribution in [0.1, 0.15) is 17.4 Å². The summed E-state index contributed by atoms with van der Waals surface area (Å²) in [5.74, 6) is 0. The van der Waals surface area contributed by atoms with E-state index in [2.05, 4.69) is 0 Å². The van der Waals surface area contributed by atoms with Crippen LogP contribution in [0.3, 0.4) is 0 Å². The lowest BCUT2D eigenvalue weighted by atomic mass is 10.1. The van der Waals surface area contributed by atoms with Crippen molar-refractivity contribution in [3.8, 4) is 0 Å². The number of rotatable bonds is 1. The van der Waals surface area contributed by atoms with Gasteiger partial charge in [0, 0.05) is 10.6 Å². The quantitative estimate of drug-likeness (QED) is 0.691. The van der Waals surface area contributed by atoms with Crippen LogP contribution in [0, 0.1) is 6.92 Å². The van der Waals surface area contributed by atoms with Gasteiger partial charge in [0.25, 0.3) is 0 Å². The van der Waals surface area contributed by atoms with Crippen molar-refractivity contribution >= 4 is 11.6 Å². The summed E-state index contributed by atoms with van der Waals surface area (Å²) < 4.78 is 10.7. The minimum absolute atomic E-state index is 0.270. The Morgan fingerprint density at radius 2 is 2.00 bits per heavy atom. The average Bonchev–Trinajstić information content (AvgIpc) is 2.56. The molecule has 70 valence electrons. The molecule has 0 aliphatic carbocycles. The van der Waals surface area contributed by atoms with Gasteiger partial charge in [0.05, 0.1) is 13.2 Å². The molecule has 1 fully saturated rings. The van der Waals surface area contributed by atoms with Crippen LogP contribution in [-0.4, -0.2) is 13.2 Å². The fraction of sp³-hybridized carbons (Fsp3) is 0.400. The van der Waals surface area contributed by atoms with Gasteiger partial charge < -0.3 is 9.47 Å². The molecule has 0 N–H and O–H groups in total. The summed E-state index contributed by atoms with van der Waals surface area (Å²) in [5, 5.41) is 0.715. The van der Waals surface area contributed by atoms with Crippen molar-refractivity contribution in [2.45, 2.75) is 13.2 Å². The van der Waals surface area contributed by atoms with Gasteiger partial charge in [-0.25, -0.2) is 0 Å². The van der Waals surface area contributed by atoms with Crippen molar-refractivity contribution in [3.05, 3.63) is 34.3 Å². The Balaban J connectivity index is 2.29. The van der Waals surface area contributed by atoms with Gasteiger partial charge in [-0.2, -0.15) is 0 Å². The molecule has 1 aliphatic heterocycles. The van der Waals surface area contributed by atoms with Crippen LogP contribution >= 0.6 is 11.6 Å². The summed E-state index contributed by atoms with van der Waals surface area (Å²) in [6.45, 7) is 3.30. The van der Waals surface area contributed by atoms with E-state index >= 15 is 0 Å². The molecular weight excluding hydrogens is 188 g/mol. The van der Waals surface area contributed by atoms with Crippen LogP contribution < -0.4 is 0 Å². The molecule has 13 heavy (non-hydrogen) atoms. The third kappa shape index (κ3) is 1.85. The number of ether oxygens (including phenoxy) is 2. The second-order valence-corrected chi connectivity index (χ2v) is 3.51. The highest BCUT2D eigenvalue weighted by Gasteiger charge is 2.20. The third-order valence-electron chi connectivity index (χ3n) is 2.03. The Morgan fingerprint density at radius 1 is 1.31 bits per heavy atom. The van der Waals surface area contributed by atoms with Crippen molar-refractivity contribution in [1.29, 1.82) is 0 Å². The van der Waals surface area contributed by atoms with E-state index < -0.39 is 0 Å². The van der Waals surface area contributed by atoms with Gasteiger partial charge in [0.15, 0.2) is 6.29 Å². The zero-order valence-corrected chi connectivity index (χ0v) is 8.17. The van der Waals surface area contributed by atoms with Crippen LogP contribution in [0.2, 0.25) is 5.02 Å². The van der Waals surface area contributed by atoms with Gasteiger partial charge in [-0.05, 0) is 18.6 Å². The first kappa shape index (κ1) is 9.00. The Kier molecular flexibility index (Phi) is 2.54. The summed E-state index contributed by atoms with van der Waals surface area (Å²) in [4.78, 5) is 0. The highest BCUT2D eigenvalue weighted by Crippen LogP contribution is 2.29. The number of hydrogen-bond donors (Lipinski definition) is 0. The van der Waals surface area contributed by atoms with E-state index in [1.54, 1.807) is 0 Å². The minimum Gasteiger partial charge on any atom is -0.346 e. The Hall–Kier alpha value is -0.570. The molecule has 0 spiro atoms. The third-order valence-corrected chi connectivity index (χ3v) is 2.36. The molecule has 0 bridgehead atoms. The van der Waals surface area contributed by atoms with Crippen LogP contribution in [0.4, 0.5) is 0 Å². The van der Waals surface area contributed by atoms with Crippen molar-refractivity contribution < 1.29 is 9.47 Å². The molecule has 1 aromatic rings. The molecule has 0 amide bonds. The predicted molar refractivity (Wildman–Crippen MR) is 50.8 cm³/mol. The van der Waals surface area contributed by atoms with E-state index in [1.165, 1.54) is 0 Å². The zero-order chi connectivity index (χ0) is 9.26. The number of halogens is 1. The van der Waals surface area contributed by atoms with Gasteiger partial charge in [0.1, 0.15) is 0 Å². The van der Waals surface area contributed by atoms with Crippen molar-refractivity contribution in [2.75, 3.05) is 13.2 Å². The molecule has 3 heteroatoms. The van der Waals surface area contributed by atoms with Crippen LogP contribution in [0.5, 0.6) is 0 Å². The fourth-order valence-corrected chi connectivity index (χ4v) is 1.69. The van der Waals surface area contributed by atoms with Gasteiger partial charge in [0.2, 0.25) is 0 Å². The zero-order valence-electron chi connectivity index (χ0n) is 7.42. The first-order valence-corrected chi connectivity index (χ1v) is 4.64. The second-order valence-electron chi connectivity index (χ2n) is 3.10. The van der Waals surface area contributed by atoms with E-state index in [9.17, 15) is 0 Å². The predicted octanol–water partition coefficient (Wildman–Crippen LogP) is 2.69. The van der Waals surface area contributed by atoms with E-state index in [0.717, 1.165) is 11.1 Å². The smallest absolute Gasteiger partial charge is 0.185 e. The van der Waals surface area contributed by atoms with Gasteiger partial charge >= 0.3 is 0 Å². The summed E-state index contributed by atoms with van der Waals surface area (Å²) in [5.41, 5.74) is 2.07. The molecule has 1 saturated heterocycles. The number of benzene rings is 1. The Labute approximate surface area is 82.4 Å². The summed E-state index contributed by atoms with van der Waals surface area (Å²) >= 11 is 6.05. The first-order chi connectivity index (χ1) is 6.27. The summed E-state index contributed by atoms with van der Waals surface area (Å²) in [6.07, 6.45) is -0.270.